The molecule has 3 aromatic rings. The van der Waals surface area contributed by atoms with E-state index in [1.54, 1.807) is 24.3 Å². The standard InChI is InChI=1S/C20H20F3N3O3S/c1-14-3-5-15(6-4-14)18-13-19(20(21,22)23)25-26(18)16-7-9-17(10-8-16)30(27,28)24-11-12-29-2/h3-10,13,24H,11-12H2,1-2H3. The number of alkyl halides is 3. The van der Waals surface area contributed by atoms with Crippen LogP contribution >= 0.6 is 0 Å². The van der Waals surface area contributed by atoms with Crippen LogP contribution in [0, 0.1) is 6.92 Å². The zero-order valence-corrected chi connectivity index (χ0v) is 17.1. The smallest absolute Gasteiger partial charge is 0.383 e. The number of hydrogen-bond acceptors (Lipinski definition) is 4. The fourth-order valence-electron chi connectivity index (χ4n) is 2.77. The van der Waals surface area contributed by atoms with Gasteiger partial charge in [-0.1, -0.05) is 29.8 Å². The van der Waals surface area contributed by atoms with Gasteiger partial charge < -0.3 is 4.74 Å². The number of aromatic nitrogens is 2. The third-order valence-corrected chi connectivity index (χ3v) is 5.81. The van der Waals surface area contributed by atoms with Gasteiger partial charge in [-0.05, 0) is 37.3 Å². The van der Waals surface area contributed by atoms with Gasteiger partial charge in [0.25, 0.3) is 0 Å². The fourth-order valence-corrected chi connectivity index (χ4v) is 3.79. The molecule has 0 radical (unpaired) electrons. The van der Waals surface area contributed by atoms with Crippen LogP contribution in [0.5, 0.6) is 0 Å². The summed E-state index contributed by atoms with van der Waals surface area (Å²) in [4.78, 5) is -0.0116. The van der Waals surface area contributed by atoms with Gasteiger partial charge in [-0.15, -0.1) is 0 Å². The van der Waals surface area contributed by atoms with Gasteiger partial charge >= 0.3 is 6.18 Å². The van der Waals surface area contributed by atoms with Gasteiger partial charge in [0.05, 0.1) is 22.9 Å². The molecule has 0 atom stereocenters. The van der Waals surface area contributed by atoms with Crippen LogP contribution in [0.15, 0.2) is 59.5 Å². The molecule has 0 unspecified atom stereocenters. The van der Waals surface area contributed by atoms with Gasteiger partial charge in [-0.3, -0.25) is 0 Å². The Morgan fingerprint density at radius 1 is 1.07 bits per heavy atom. The molecule has 0 saturated heterocycles. The molecule has 1 N–H and O–H groups in total. The second kappa shape index (κ2) is 8.58. The van der Waals surface area contributed by atoms with Crippen molar-refractivity contribution in [2.24, 2.45) is 0 Å². The number of nitrogens with zero attached hydrogens (tertiary/aromatic N) is 2. The number of sulfonamides is 1. The maximum absolute atomic E-state index is 13.3. The average Bonchev–Trinajstić information content (AvgIpc) is 3.15. The molecular weight excluding hydrogens is 419 g/mol. The van der Waals surface area contributed by atoms with Crippen molar-refractivity contribution in [3.63, 3.8) is 0 Å². The van der Waals surface area contributed by atoms with Gasteiger partial charge in [-0.2, -0.15) is 18.3 Å². The molecule has 3 rings (SSSR count). The predicted molar refractivity (Wildman–Crippen MR) is 106 cm³/mol. The van der Waals surface area contributed by atoms with Crippen molar-refractivity contribution in [1.29, 1.82) is 0 Å². The maximum Gasteiger partial charge on any atom is 0.435 e. The number of methoxy groups -OCH3 is 1. The summed E-state index contributed by atoms with van der Waals surface area (Å²) in [7, 11) is -2.30. The lowest BCUT2D eigenvalue weighted by atomic mass is 10.1. The number of rotatable bonds is 7. The van der Waals surface area contributed by atoms with E-state index < -0.39 is 21.9 Å². The summed E-state index contributed by atoms with van der Waals surface area (Å²) >= 11 is 0. The first-order valence-electron chi connectivity index (χ1n) is 8.95. The number of aryl methyl sites for hydroxylation is 1. The highest BCUT2D eigenvalue weighted by atomic mass is 32.2. The Balaban J connectivity index is 2.00. The van der Waals surface area contributed by atoms with E-state index in [0.29, 0.717) is 11.3 Å². The van der Waals surface area contributed by atoms with Crippen molar-refractivity contribution in [3.05, 3.63) is 65.9 Å². The number of ether oxygens (including phenoxy) is 1. The lowest BCUT2D eigenvalue weighted by Gasteiger charge is -2.10. The largest absolute Gasteiger partial charge is 0.435 e. The molecule has 160 valence electrons. The molecule has 0 aliphatic rings. The molecule has 1 heterocycles. The summed E-state index contributed by atoms with van der Waals surface area (Å²) in [5.74, 6) is 0. The minimum atomic E-state index is -4.61. The van der Waals surface area contributed by atoms with Crippen LogP contribution in [0.25, 0.3) is 16.9 Å². The molecule has 30 heavy (non-hydrogen) atoms. The van der Waals surface area contributed by atoms with E-state index in [2.05, 4.69) is 9.82 Å². The lowest BCUT2D eigenvalue weighted by molar-refractivity contribution is -0.141. The highest BCUT2D eigenvalue weighted by Gasteiger charge is 2.35. The van der Waals surface area contributed by atoms with Crippen LogP contribution in [0.1, 0.15) is 11.3 Å². The quantitative estimate of drug-likeness (QED) is 0.569. The van der Waals surface area contributed by atoms with Gasteiger partial charge in [-0.25, -0.2) is 17.8 Å². The first kappa shape index (κ1) is 22.0. The van der Waals surface area contributed by atoms with Gasteiger partial charge in [0, 0.05) is 19.2 Å². The first-order valence-corrected chi connectivity index (χ1v) is 10.4. The number of hydrogen-bond donors (Lipinski definition) is 1. The maximum atomic E-state index is 13.3. The summed E-state index contributed by atoms with van der Waals surface area (Å²) in [6, 6.07) is 13.4. The van der Waals surface area contributed by atoms with Crippen molar-refractivity contribution in [3.8, 4) is 16.9 Å². The van der Waals surface area contributed by atoms with Crippen LogP contribution < -0.4 is 4.72 Å². The zero-order chi connectivity index (χ0) is 21.9. The normalized spacial score (nSPS) is 12.3. The Morgan fingerprint density at radius 2 is 1.70 bits per heavy atom. The van der Waals surface area contributed by atoms with Crippen molar-refractivity contribution < 1.29 is 26.3 Å². The van der Waals surface area contributed by atoms with Gasteiger partial charge in [0.15, 0.2) is 5.69 Å². The van der Waals surface area contributed by atoms with E-state index >= 15 is 0 Å². The Kier molecular flexibility index (Phi) is 6.30. The Bertz CT molecular complexity index is 1110. The highest BCUT2D eigenvalue weighted by Crippen LogP contribution is 2.33. The molecule has 0 aliphatic carbocycles. The van der Waals surface area contributed by atoms with Gasteiger partial charge in [0.2, 0.25) is 10.0 Å². The van der Waals surface area contributed by atoms with Crippen LogP contribution in [-0.4, -0.2) is 38.5 Å². The Hall–Kier alpha value is -2.69. The average molecular weight is 439 g/mol. The number of nitrogens with one attached hydrogen (secondary N) is 1. The number of benzene rings is 2. The molecule has 0 saturated carbocycles. The van der Waals surface area contributed by atoms with E-state index in [-0.39, 0.29) is 23.7 Å². The summed E-state index contributed by atoms with van der Waals surface area (Å²) in [5.41, 5.74) is 1.04. The van der Waals surface area contributed by atoms with Crippen LogP contribution in [0.4, 0.5) is 13.2 Å². The molecule has 0 amide bonds. The minimum Gasteiger partial charge on any atom is -0.383 e. The topological polar surface area (TPSA) is 73.2 Å². The van der Waals surface area contributed by atoms with E-state index in [1.807, 2.05) is 6.92 Å². The fraction of sp³-hybridized carbons (Fsp3) is 0.250. The van der Waals surface area contributed by atoms with Crippen molar-refractivity contribution in [2.75, 3.05) is 20.3 Å². The third kappa shape index (κ3) is 4.89. The second-order valence-electron chi connectivity index (χ2n) is 6.57. The van der Waals surface area contributed by atoms with Crippen LogP contribution in [-0.2, 0) is 20.9 Å². The molecule has 6 nitrogen and oxygen atoms in total. The molecular formula is C20H20F3N3O3S. The first-order chi connectivity index (χ1) is 14.1. The molecule has 10 heteroatoms. The van der Waals surface area contributed by atoms with E-state index in [9.17, 15) is 21.6 Å². The molecule has 1 aromatic heterocycles. The molecule has 0 aliphatic heterocycles. The summed E-state index contributed by atoms with van der Waals surface area (Å²) < 4.78 is 72.7. The molecule has 2 aromatic carbocycles. The molecule has 0 spiro atoms. The van der Waals surface area contributed by atoms with Gasteiger partial charge in [0.1, 0.15) is 0 Å². The Morgan fingerprint density at radius 3 is 2.27 bits per heavy atom. The van der Waals surface area contributed by atoms with Crippen LogP contribution in [0.2, 0.25) is 0 Å². The van der Waals surface area contributed by atoms with E-state index in [0.717, 1.165) is 16.3 Å². The third-order valence-electron chi connectivity index (χ3n) is 4.34. The molecule has 0 bridgehead atoms. The van der Waals surface area contributed by atoms with Crippen molar-refractivity contribution >= 4 is 10.0 Å². The predicted octanol–water partition coefficient (Wildman–Crippen LogP) is 3.79. The van der Waals surface area contributed by atoms with Crippen LogP contribution in [0.3, 0.4) is 0 Å². The number of halogens is 3. The summed E-state index contributed by atoms with van der Waals surface area (Å²) in [6.07, 6.45) is -4.61. The van der Waals surface area contributed by atoms with E-state index in [4.69, 9.17) is 4.74 Å². The van der Waals surface area contributed by atoms with Crippen molar-refractivity contribution in [2.45, 2.75) is 18.0 Å². The SMILES string of the molecule is COCCNS(=O)(=O)c1ccc(-n2nc(C(F)(F)F)cc2-c2ccc(C)cc2)cc1. The lowest BCUT2D eigenvalue weighted by Crippen LogP contribution is -2.27. The summed E-state index contributed by atoms with van der Waals surface area (Å²) in [6.45, 7) is 2.19. The summed E-state index contributed by atoms with van der Waals surface area (Å²) in [5, 5.41) is 3.71. The second-order valence-corrected chi connectivity index (χ2v) is 8.34. The zero-order valence-electron chi connectivity index (χ0n) is 16.3. The van der Waals surface area contributed by atoms with E-state index in [1.165, 1.54) is 31.4 Å². The molecule has 0 fully saturated rings. The highest BCUT2D eigenvalue weighted by molar-refractivity contribution is 7.89. The minimum absolute atomic E-state index is 0.0116. The monoisotopic (exact) mass is 439 g/mol. The Labute approximate surface area is 172 Å². The van der Waals surface area contributed by atoms with Crippen molar-refractivity contribution in [1.82, 2.24) is 14.5 Å².